The van der Waals surface area contributed by atoms with Crippen molar-refractivity contribution < 1.29 is 4.79 Å². The van der Waals surface area contributed by atoms with Crippen molar-refractivity contribution in [1.82, 2.24) is 15.1 Å². The molecular formula is C15H30N4O. The SMILES string of the molecule is CC(C(=O)NC1CCCC1)N1CCN(CCCN)CC1. The van der Waals surface area contributed by atoms with E-state index in [4.69, 9.17) is 5.73 Å². The average Bonchev–Trinajstić information content (AvgIpc) is 2.97. The van der Waals surface area contributed by atoms with Gasteiger partial charge in [-0.1, -0.05) is 12.8 Å². The molecule has 1 saturated heterocycles. The summed E-state index contributed by atoms with van der Waals surface area (Å²) in [5, 5.41) is 3.21. The number of carbonyl (C=O) groups excluding carboxylic acids is 1. The quantitative estimate of drug-likeness (QED) is 0.740. The Balaban J connectivity index is 1.70. The maximum atomic E-state index is 12.3. The summed E-state index contributed by atoms with van der Waals surface area (Å²) in [6.45, 7) is 7.99. The van der Waals surface area contributed by atoms with E-state index in [0.29, 0.717) is 6.04 Å². The fraction of sp³-hybridized carbons (Fsp3) is 0.933. The van der Waals surface area contributed by atoms with Crippen molar-refractivity contribution in [2.75, 3.05) is 39.3 Å². The topological polar surface area (TPSA) is 61.6 Å². The monoisotopic (exact) mass is 282 g/mol. The first-order valence-electron chi connectivity index (χ1n) is 8.17. The first-order chi connectivity index (χ1) is 9.70. The molecule has 5 heteroatoms. The van der Waals surface area contributed by atoms with Crippen LogP contribution >= 0.6 is 0 Å². The van der Waals surface area contributed by atoms with Crippen LogP contribution in [0.25, 0.3) is 0 Å². The van der Waals surface area contributed by atoms with Crippen LogP contribution < -0.4 is 11.1 Å². The fourth-order valence-corrected chi connectivity index (χ4v) is 3.25. The number of nitrogens with one attached hydrogen (secondary N) is 1. The van der Waals surface area contributed by atoms with Crippen LogP contribution in [0.5, 0.6) is 0 Å². The van der Waals surface area contributed by atoms with E-state index in [0.717, 1.165) is 58.5 Å². The Morgan fingerprint density at radius 3 is 2.50 bits per heavy atom. The highest BCUT2D eigenvalue weighted by atomic mass is 16.2. The predicted molar refractivity (Wildman–Crippen MR) is 81.5 cm³/mol. The number of hydrogen-bond donors (Lipinski definition) is 2. The van der Waals surface area contributed by atoms with Gasteiger partial charge >= 0.3 is 0 Å². The molecule has 1 unspecified atom stereocenters. The molecule has 0 aromatic heterocycles. The Morgan fingerprint density at radius 2 is 1.90 bits per heavy atom. The van der Waals surface area contributed by atoms with Gasteiger partial charge in [0.15, 0.2) is 0 Å². The van der Waals surface area contributed by atoms with Gasteiger partial charge in [-0.3, -0.25) is 9.69 Å². The lowest BCUT2D eigenvalue weighted by Crippen LogP contribution is -2.54. The number of piperazine rings is 1. The minimum atomic E-state index is 0.00672. The third-order valence-corrected chi connectivity index (χ3v) is 4.71. The van der Waals surface area contributed by atoms with Crippen LogP contribution in [0.4, 0.5) is 0 Å². The minimum absolute atomic E-state index is 0.00672. The van der Waals surface area contributed by atoms with E-state index in [2.05, 4.69) is 15.1 Å². The summed E-state index contributed by atoms with van der Waals surface area (Å²) < 4.78 is 0. The zero-order chi connectivity index (χ0) is 14.4. The van der Waals surface area contributed by atoms with Gasteiger partial charge in [0.05, 0.1) is 6.04 Å². The second kappa shape index (κ2) is 7.96. The van der Waals surface area contributed by atoms with Gasteiger partial charge in [0.25, 0.3) is 0 Å². The van der Waals surface area contributed by atoms with Gasteiger partial charge in [0, 0.05) is 32.2 Å². The lowest BCUT2D eigenvalue weighted by atomic mass is 10.2. The summed E-state index contributed by atoms with van der Waals surface area (Å²) in [6, 6.07) is 0.433. The van der Waals surface area contributed by atoms with Crippen molar-refractivity contribution in [2.24, 2.45) is 5.73 Å². The molecule has 1 atom stereocenters. The molecule has 20 heavy (non-hydrogen) atoms. The van der Waals surface area contributed by atoms with Crippen molar-refractivity contribution in [3.05, 3.63) is 0 Å². The molecule has 1 saturated carbocycles. The van der Waals surface area contributed by atoms with E-state index in [1.54, 1.807) is 0 Å². The van der Waals surface area contributed by atoms with Crippen LogP contribution in [-0.4, -0.2) is 67.1 Å². The lowest BCUT2D eigenvalue weighted by Gasteiger charge is -2.37. The predicted octanol–water partition coefficient (Wildman–Crippen LogP) is 0.400. The van der Waals surface area contributed by atoms with Crippen molar-refractivity contribution in [3.8, 4) is 0 Å². The van der Waals surface area contributed by atoms with E-state index < -0.39 is 0 Å². The van der Waals surface area contributed by atoms with Crippen LogP contribution in [0.3, 0.4) is 0 Å². The molecule has 2 fully saturated rings. The van der Waals surface area contributed by atoms with E-state index in [-0.39, 0.29) is 11.9 Å². The maximum Gasteiger partial charge on any atom is 0.237 e. The summed E-state index contributed by atoms with van der Waals surface area (Å²) in [7, 11) is 0. The lowest BCUT2D eigenvalue weighted by molar-refractivity contribution is -0.127. The zero-order valence-corrected chi connectivity index (χ0v) is 12.8. The van der Waals surface area contributed by atoms with E-state index in [1.807, 2.05) is 6.92 Å². The number of amides is 1. The number of nitrogens with two attached hydrogens (primary N) is 1. The Morgan fingerprint density at radius 1 is 1.25 bits per heavy atom. The van der Waals surface area contributed by atoms with Gasteiger partial charge in [-0.2, -0.15) is 0 Å². The van der Waals surface area contributed by atoms with E-state index in [1.165, 1.54) is 12.8 Å². The van der Waals surface area contributed by atoms with Crippen molar-refractivity contribution >= 4 is 5.91 Å². The second-order valence-electron chi connectivity index (χ2n) is 6.19. The largest absolute Gasteiger partial charge is 0.352 e. The summed E-state index contributed by atoms with van der Waals surface area (Å²) in [4.78, 5) is 17.0. The molecule has 0 aromatic rings. The third kappa shape index (κ3) is 4.43. The first-order valence-corrected chi connectivity index (χ1v) is 8.17. The maximum absolute atomic E-state index is 12.3. The molecule has 1 aliphatic heterocycles. The van der Waals surface area contributed by atoms with Gasteiger partial charge in [0.1, 0.15) is 0 Å². The number of hydrogen-bond acceptors (Lipinski definition) is 4. The Labute approximate surface area is 122 Å². The molecule has 0 spiro atoms. The van der Waals surface area contributed by atoms with Crippen LogP contribution in [0.2, 0.25) is 0 Å². The van der Waals surface area contributed by atoms with Gasteiger partial charge in [-0.05, 0) is 39.3 Å². The first kappa shape index (κ1) is 15.7. The highest BCUT2D eigenvalue weighted by Gasteiger charge is 2.27. The molecule has 1 aliphatic carbocycles. The molecule has 1 heterocycles. The highest BCUT2D eigenvalue weighted by Crippen LogP contribution is 2.18. The molecule has 3 N–H and O–H groups in total. The van der Waals surface area contributed by atoms with E-state index >= 15 is 0 Å². The van der Waals surface area contributed by atoms with Crippen LogP contribution in [0, 0.1) is 0 Å². The van der Waals surface area contributed by atoms with Gasteiger partial charge in [0.2, 0.25) is 5.91 Å². The van der Waals surface area contributed by atoms with Crippen molar-refractivity contribution in [3.63, 3.8) is 0 Å². The van der Waals surface area contributed by atoms with Gasteiger partial charge < -0.3 is 16.0 Å². The highest BCUT2D eigenvalue weighted by molar-refractivity contribution is 5.81. The van der Waals surface area contributed by atoms with Crippen LogP contribution in [0.1, 0.15) is 39.0 Å². The molecule has 1 amide bonds. The van der Waals surface area contributed by atoms with Crippen LogP contribution in [-0.2, 0) is 4.79 Å². The Hall–Kier alpha value is -0.650. The summed E-state index contributed by atoms with van der Waals surface area (Å²) in [5.41, 5.74) is 5.55. The molecule has 0 bridgehead atoms. The summed E-state index contributed by atoms with van der Waals surface area (Å²) >= 11 is 0. The average molecular weight is 282 g/mol. The second-order valence-corrected chi connectivity index (χ2v) is 6.19. The van der Waals surface area contributed by atoms with Crippen LogP contribution in [0.15, 0.2) is 0 Å². The molecule has 116 valence electrons. The summed E-state index contributed by atoms with van der Waals surface area (Å²) in [6.07, 6.45) is 5.91. The molecule has 2 rings (SSSR count). The van der Waals surface area contributed by atoms with E-state index in [9.17, 15) is 4.79 Å². The molecular weight excluding hydrogens is 252 g/mol. The smallest absolute Gasteiger partial charge is 0.237 e. The molecule has 5 nitrogen and oxygen atoms in total. The normalized spacial score (nSPS) is 23.9. The minimum Gasteiger partial charge on any atom is -0.352 e. The number of nitrogens with zero attached hydrogens (tertiary/aromatic N) is 2. The number of carbonyl (C=O) groups is 1. The molecule has 0 aromatic carbocycles. The summed E-state index contributed by atoms with van der Waals surface area (Å²) in [5.74, 6) is 0.215. The standard InChI is InChI=1S/C15H30N4O/c1-13(15(20)17-14-5-2-3-6-14)19-11-9-18(10-12-19)8-4-7-16/h13-14H,2-12,16H2,1H3,(H,17,20). The van der Waals surface area contributed by atoms with Crippen molar-refractivity contribution in [1.29, 1.82) is 0 Å². The molecule has 0 radical (unpaired) electrons. The van der Waals surface area contributed by atoms with Gasteiger partial charge in [-0.25, -0.2) is 0 Å². The van der Waals surface area contributed by atoms with Gasteiger partial charge in [-0.15, -0.1) is 0 Å². The third-order valence-electron chi connectivity index (χ3n) is 4.71. The zero-order valence-electron chi connectivity index (χ0n) is 12.8. The Bertz CT molecular complexity index is 296. The molecule has 2 aliphatic rings. The van der Waals surface area contributed by atoms with Crippen molar-refractivity contribution in [2.45, 2.75) is 51.1 Å². The fourth-order valence-electron chi connectivity index (χ4n) is 3.25. The number of rotatable bonds is 6. The Kier molecular flexibility index (Phi) is 6.26.